The van der Waals surface area contributed by atoms with Crippen molar-refractivity contribution in [3.63, 3.8) is 0 Å². The van der Waals surface area contributed by atoms with Crippen molar-refractivity contribution in [1.29, 1.82) is 0 Å². The van der Waals surface area contributed by atoms with Gasteiger partial charge in [-0.3, -0.25) is 9.59 Å². The van der Waals surface area contributed by atoms with Gasteiger partial charge < -0.3 is 10.6 Å². The fourth-order valence-corrected chi connectivity index (χ4v) is 2.86. The minimum atomic E-state index is -0.490. The zero-order valence-electron chi connectivity index (χ0n) is 11.8. The Morgan fingerprint density at radius 1 is 1.15 bits per heavy atom. The summed E-state index contributed by atoms with van der Waals surface area (Å²) in [5.74, 6) is 0.650. The second kappa shape index (κ2) is 6.79. The van der Waals surface area contributed by atoms with Gasteiger partial charge in [-0.2, -0.15) is 11.8 Å². The monoisotopic (exact) mass is 292 g/mol. The molecule has 1 aromatic carbocycles. The molecule has 1 aliphatic rings. The Morgan fingerprint density at radius 2 is 1.85 bits per heavy atom. The lowest BCUT2D eigenvalue weighted by Gasteiger charge is -2.33. The molecule has 3 atom stereocenters. The molecule has 0 aromatic heterocycles. The molecule has 1 saturated heterocycles. The van der Waals surface area contributed by atoms with Crippen LogP contribution in [0.5, 0.6) is 0 Å². The molecule has 4 nitrogen and oxygen atoms in total. The zero-order chi connectivity index (χ0) is 14.5. The first-order valence-corrected chi connectivity index (χ1v) is 8.17. The van der Waals surface area contributed by atoms with Gasteiger partial charge in [-0.25, -0.2) is 0 Å². The maximum Gasteiger partial charge on any atom is 0.243 e. The molecule has 1 aliphatic heterocycles. The van der Waals surface area contributed by atoms with Crippen molar-refractivity contribution in [3.05, 3.63) is 35.9 Å². The molecule has 20 heavy (non-hydrogen) atoms. The molecule has 2 rings (SSSR count). The van der Waals surface area contributed by atoms with E-state index >= 15 is 0 Å². The Hall–Kier alpha value is -1.49. The van der Waals surface area contributed by atoms with Crippen molar-refractivity contribution >= 4 is 23.6 Å². The smallest absolute Gasteiger partial charge is 0.243 e. The van der Waals surface area contributed by atoms with Gasteiger partial charge in [0.1, 0.15) is 12.1 Å². The van der Waals surface area contributed by atoms with Crippen LogP contribution in [0.2, 0.25) is 0 Å². The first-order chi connectivity index (χ1) is 9.63. The number of benzene rings is 1. The van der Waals surface area contributed by atoms with Crippen LogP contribution in [0.4, 0.5) is 0 Å². The third-order valence-corrected chi connectivity index (χ3v) is 4.29. The van der Waals surface area contributed by atoms with Gasteiger partial charge >= 0.3 is 0 Å². The predicted molar refractivity (Wildman–Crippen MR) is 81.7 cm³/mol. The largest absolute Gasteiger partial charge is 0.342 e. The van der Waals surface area contributed by atoms with Gasteiger partial charge in [0.05, 0.1) is 0 Å². The van der Waals surface area contributed by atoms with E-state index in [1.54, 1.807) is 11.8 Å². The summed E-state index contributed by atoms with van der Waals surface area (Å²) in [4.78, 5) is 24.3. The van der Waals surface area contributed by atoms with E-state index < -0.39 is 12.1 Å². The highest BCUT2D eigenvalue weighted by atomic mass is 32.2. The average Bonchev–Trinajstić information content (AvgIpc) is 2.48. The maximum absolute atomic E-state index is 12.2. The number of hydrogen-bond donors (Lipinski definition) is 2. The maximum atomic E-state index is 12.2. The second-order valence-electron chi connectivity index (χ2n) is 5.03. The van der Waals surface area contributed by atoms with E-state index in [-0.39, 0.29) is 17.7 Å². The van der Waals surface area contributed by atoms with E-state index in [0.29, 0.717) is 6.42 Å². The van der Waals surface area contributed by atoms with Crippen LogP contribution in [0.1, 0.15) is 24.8 Å². The average molecular weight is 292 g/mol. The van der Waals surface area contributed by atoms with Crippen LogP contribution in [0.15, 0.2) is 30.3 Å². The van der Waals surface area contributed by atoms with E-state index in [2.05, 4.69) is 10.6 Å². The van der Waals surface area contributed by atoms with Crippen LogP contribution in [0.3, 0.4) is 0 Å². The van der Waals surface area contributed by atoms with Gasteiger partial charge in [0, 0.05) is 5.92 Å². The normalized spacial score (nSPS) is 23.9. The number of carbonyl (C=O) groups excluding carboxylic acids is 2. The van der Waals surface area contributed by atoms with Crippen LogP contribution in [-0.2, 0) is 9.59 Å². The number of piperazine rings is 1. The van der Waals surface area contributed by atoms with E-state index in [0.717, 1.165) is 11.3 Å². The number of amides is 2. The molecule has 0 aliphatic carbocycles. The second-order valence-corrected chi connectivity index (χ2v) is 6.01. The summed E-state index contributed by atoms with van der Waals surface area (Å²) in [6.45, 7) is 1.96. The Morgan fingerprint density at radius 3 is 2.50 bits per heavy atom. The van der Waals surface area contributed by atoms with E-state index in [9.17, 15) is 9.59 Å². The number of nitrogens with one attached hydrogen (secondary N) is 2. The highest BCUT2D eigenvalue weighted by Crippen LogP contribution is 2.21. The lowest BCUT2D eigenvalue weighted by Crippen LogP contribution is -2.63. The summed E-state index contributed by atoms with van der Waals surface area (Å²) in [6.07, 6.45) is 2.66. The fourth-order valence-electron chi connectivity index (χ4n) is 2.39. The summed E-state index contributed by atoms with van der Waals surface area (Å²) in [5, 5.41) is 5.70. The Bertz CT molecular complexity index is 478. The predicted octanol–water partition coefficient (Wildman–Crippen LogP) is 1.53. The lowest BCUT2D eigenvalue weighted by atomic mass is 9.90. The lowest BCUT2D eigenvalue weighted by molar-refractivity contribution is -0.137. The first kappa shape index (κ1) is 14.9. The van der Waals surface area contributed by atoms with Gasteiger partial charge in [-0.05, 0) is 24.0 Å². The van der Waals surface area contributed by atoms with Gasteiger partial charge in [0.2, 0.25) is 11.8 Å². The SMILES string of the molecule is CSCC[C@H]1NC(=O)[C@@H]([C@H](C)c2ccccc2)NC1=O. The molecule has 1 aromatic rings. The van der Waals surface area contributed by atoms with Crippen LogP contribution in [-0.4, -0.2) is 35.9 Å². The number of carbonyl (C=O) groups is 2. The summed E-state index contributed by atoms with van der Waals surface area (Å²) in [6, 6.07) is 8.89. The molecule has 0 unspecified atom stereocenters. The quantitative estimate of drug-likeness (QED) is 0.865. The van der Waals surface area contributed by atoms with E-state index in [1.165, 1.54) is 0 Å². The standard InChI is InChI=1S/C15H20N2O2S/c1-10(11-6-4-3-5-7-11)13-15(19)16-12(8-9-20-2)14(18)17-13/h3-7,10,12-13H,8-9H2,1-2H3,(H,16,19)(H,17,18)/t10-,12-,13-/m1/s1. The summed E-state index contributed by atoms with van der Waals surface area (Å²) >= 11 is 1.67. The molecule has 0 saturated carbocycles. The van der Waals surface area contributed by atoms with Crippen molar-refractivity contribution < 1.29 is 9.59 Å². The third-order valence-electron chi connectivity index (χ3n) is 3.65. The van der Waals surface area contributed by atoms with Crippen LogP contribution >= 0.6 is 11.8 Å². The molecular weight excluding hydrogens is 272 g/mol. The van der Waals surface area contributed by atoms with Crippen molar-refractivity contribution in [2.24, 2.45) is 0 Å². The Kier molecular flexibility index (Phi) is 5.06. The molecular formula is C15H20N2O2S. The van der Waals surface area contributed by atoms with E-state index in [4.69, 9.17) is 0 Å². The fraction of sp³-hybridized carbons (Fsp3) is 0.467. The van der Waals surface area contributed by atoms with Gasteiger partial charge in [-0.15, -0.1) is 0 Å². The highest BCUT2D eigenvalue weighted by Gasteiger charge is 2.36. The van der Waals surface area contributed by atoms with Crippen LogP contribution in [0, 0.1) is 0 Å². The molecule has 0 bridgehead atoms. The third kappa shape index (κ3) is 3.33. The molecule has 0 radical (unpaired) electrons. The molecule has 1 heterocycles. The Balaban J connectivity index is 2.04. The molecule has 5 heteroatoms. The Labute approximate surface area is 123 Å². The number of thioether (sulfide) groups is 1. The molecule has 0 spiro atoms. The zero-order valence-corrected chi connectivity index (χ0v) is 12.6. The van der Waals surface area contributed by atoms with Gasteiger partial charge in [-0.1, -0.05) is 37.3 Å². The summed E-state index contributed by atoms with van der Waals surface area (Å²) in [5.41, 5.74) is 1.05. The van der Waals surface area contributed by atoms with Crippen molar-refractivity contribution in [1.82, 2.24) is 10.6 Å². The molecule has 1 fully saturated rings. The first-order valence-electron chi connectivity index (χ1n) is 6.78. The number of hydrogen-bond acceptors (Lipinski definition) is 3. The van der Waals surface area contributed by atoms with Crippen LogP contribution < -0.4 is 10.6 Å². The van der Waals surface area contributed by atoms with Crippen molar-refractivity contribution in [2.75, 3.05) is 12.0 Å². The minimum absolute atomic E-state index is 0.0401. The topological polar surface area (TPSA) is 58.2 Å². The molecule has 2 N–H and O–H groups in total. The minimum Gasteiger partial charge on any atom is -0.342 e. The van der Waals surface area contributed by atoms with Crippen molar-refractivity contribution in [2.45, 2.75) is 31.3 Å². The molecule has 108 valence electrons. The number of rotatable bonds is 5. The summed E-state index contributed by atoms with van der Waals surface area (Å²) in [7, 11) is 0. The summed E-state index contributed by atoms with van der Waals surface area (Å²) < 4.78 is 0. The van der Waals surface area contributed by atoms with Crippen molar-refractivity contribution in [3.8, 4) is 0 Å². The van der Waals surface area contributed by atoms with E-state index in [1.807, 2.05) is 43.5 Å². The molecule has 2 amide bonds. The van der Waals surface area contributed by atoms with Gasteiger partial charge in [0.15, 0.2) is 0 Å². The highest BCUT2D eigenvalue weighted by molar-refractivity contribution is 7.98. The van der Waals surface area contributed by atoms with Gasteiger partial charge in [0.25, 0.3) is 0 Å². The van der Waals surface area contributed by atoms with Crippen LogP contribution in [0.25, 0.3) is 0 Å².